The molecule has 1 saturated heterocycles. The van der Waals surface area contributed by atoms with Crippen LogP contribution in [0.25, 0.3) is 0 Å². The number of nitrogens with zero attached hydrogens (tertiary/aromatic N) is 4. The van der Waals surface area contributed by atoms with Gasteiger partial charge in [-0.1, -0.05) is 182 Å². The number of hydrogen-bond acceptors (Lipinski definition) is 12. The SMILES string of the molecule is CCCCCCCCC(O)CN(CCCCC(=O)OCCN1CC(C)N(CCOC(O)CCCCN(CC(O)CCCCCCCC)CC(O)CCCCCCCC)CC1C)CC(O)CCCCCCCC. The van der Waals surface area contributed by atoms with Crippen molar-refractivity contribution in [3.8, 4) is 0 Å². The normalized spacial score (nSPS) is 18.0. The monoisotopic (exact) mass is 1030 g/mol. The molecule has 12 heteroatoms. The molecule has 0 aromatic carbocycles. The molecule has 0 aromatic heterocycles. The summed E-state index contributed by atoms with van der Waals surface area (Å²) in [4.78, 5) is 22.1. The van der Waals surface area contributed by atoms with E-state index >= 15 is 0 Å². The van der Waals surface area contributed by atoms with Crippen molar-refractivity contribution < 1.29 is 39.8 Å². The quantitative estimate of drug-likeness (QED) is 0.0224. The van der Waals surface area contributed by atoms with Gasteiger partial charge in [-0.15, -0.1) is 0 Å². The highest BCUT2D eigenvalue weighted by Gasteiger charge is 2.29. The summed E-state index contributed by atoms with van der Waals surface area (Å²) in [6.45, 7) is 21.3. The summed E-state index contributed by atoms with van der Waals surface area (Å²) in [6.07, 6.45) is 34.1. The molecule has 12 nitrogen and oxygen atoms in total. The van der Waals surface area contributed by atoms with E-state index in [-0.39, 0.29) is 18.2 Å². The van der Waals surface area contributed by atoms with Gasteiger partial charge in [-0.3, -0.25) is 24.4 Å². The zero-order valence-corrected chi connectivity index (χ0v) is 48.3. The molecule has 1 fully saturated rings. The summed E-state index contributed by atoms with van der Waals surface area (Å²) in [7, 11) is 0. The van der Waals surface area contributed by atoms with Crippen LogP contribution in [0.15, 0.2) is 0 Å². The summed E-state index contributed by atoms with van der Waals surface area (Å²) in [5, 5.41) is 54.4. The minimum atomic E-state index is -0.807. The fraction of sp³-hybridized carbons (Fsp3) is 0.983. The predicted molar refractivity (Wildman–Crippen MR) is 302 cm³/mol. The van der Waals surface area contributed by atoms with Gasteiger partial charge in [-0.25, -0.2) is 0 Å². The first-order valence-electron chi connectivity index (χ1n) is 31.0. The van der Waals surface area contributed by atoms with Crippen molar-refractivity contribution >= 4 is 5.97 Å². The number of piperazine rings is 1. The number of ether oxygens (including phenoxy) is 2. The molecule has 1 aliphatic rings. The van der Waals surface area contributed by atoms with Gasteiger partial charge in [0.15, 0.2) is 6.29 Å². The molecule has 0 bridgehead atoms. The van der Waals surface area contributed by atoms with E-state index in [4.69, 9.17) is 9.47 Å². The first-order valence-corrected chi connectivity index (χ1v) is 31.0. The van der Waals surface area contributed by atoms with Crippen LogP contribution in [0.2, 0.25) is 0 Å². The van der Waals surface area contributed by atoms with Crippen molar-refractivity contribution in [3.05, 3.63) is 0 Å². The van der Waals surface area contributed by atoms with Gasteiger partial charge in [0.05, 0.1) is 31.0 Å². The third-order valence-corrected chi connectivity index (χ3v) is 15.3. The lowest BCUT2D eigenvalue weighted by Crippen LogP contribution is -2.57. The zero-order valence-electron chi connectivity index (χ0n) is 48.3. The smallest absolute Gasteiger partial charge is 0.305 e. The molecule has 0 amide bonds. The predicted octanol–water partition coefficient (Wildman–Crippen LogP) is 11.6. The number of carbonyl (C=O) groups excluding carboxylic acids is 1. The summed E-state index contributed by atoms with van der Waals surface area (Å²) in [5.41, 5.74) is 0. The van der Waals surface area contributed by atoms with Crippen LogP contribution < -0.4 is 0 Å². The Hall–Kier alpha value is -0.930. The molecule has 0 aromatic rings. The van der Waals surface area contributed by atoms with Gasteiger partial charge >= 0.3 is 5.97 Å². The molecular formula is C60H122N4O8. The molecule has 0 saturated carbocycles. The lowest BCUT2D eigenvalue weighted by molar-refractivity contribution is -0.144. The van der Waals surface area contributed by atoms with Gasteiger partial charge in [-0.05, 0) is 84.7 Å². The second kappa shape index (κ2) is 48.4. The molecule has 1 rings (SSSR count). The number of unbranched alkanes of at least 4 members (excludes halogenated alkanes) is 22. The molecule has 430 valence electrons. The summed E-state index contributed by atoms with van der Waals surface area (Å²) in [5.74, 6) is -0.157. The van der Waals surface area contributed by atoms with Crippen LogP contribution in [0.4, 0.5) is 0 Å². The second-order valence-corrected chi connectivity index (χ2v) is 22.5. The lowest BCUT2D eigenvalue weighted by atomic mass is 10.1. The van der Waals surface area contributed by atoms with Crippen LogP contribution in [0.5, 0.6) is 0 Å². The minimum absolute atomic E-state index is 0.157. The molecule has 0 aliphatic carbocycles. The Labute approximate surface area is 445 Å². The number of aliphatic hydroxyl groups is 5. The van der Waals surface area contributed by atoms with Crippen molar-refractivity contribution in [2.24, 2.45) is 0 Å². The van der Waals surface area contributed by atoms with Gasteiger partial charge in [0.2, 0.25) is 0 Å². The first-order chi connectivity index (χ1) is 34.9. The Bertz CT molecular complexity index is 1130. The van der Waals surface area contributed by atoms with Crippen molar-refractivity contribution in [1.82, 2.24) is 19.6 Å². The topological polar surface area (TPSA) is 150 Å². The highest BCUT2D eigenvalue weighted by atomic mass is 16.6. The number of carbonyl (C=O) groups is 1. The molecular weight excluding hydrogens is 905 g/mol. The average Bonchev–Trinajstić information content (AvgIpc) is 3.34. The van der Waals surface area contributed by atoms with Crippen molar-refractivity contribution in [1.29, 1.82) is 0 Å². The van der Waals surface area contributed by atoms with Crippen molar-refractivity contribution in [2.75, 3.05) is 78.7 Å². The minimum Gasteiger partial charge on any atom is -0.464 e. The van der Waals surface area contributed by atoms with Crippen LogP contribution in [-0.2, 0) is 14.3 Å². The fourth-order valence-corrected chi connectivity index (χ4v) is 10.6. The van der Waals surface area contributed by atoms with E-state index in [2.05, 4.69) is 61.1 Å². The molecule has 0 radical (unpaired) electrons. The largest absolute Gasteiger partial charge is 0.464 e. The number of esters is 1. The van der Waals surface area contributed by atoms with Crippen LogP contribution >= 0.6 is 0 Å². The third kappa shape index (κ3) is 40.3. The zero-order chi connectivity index (χ0) is 52.9. The Morgan fingerprint density at radius 3 is 1.14 bits per heavy atom. The highest BCUT2D eigenvalue weighted by molar-refractivity contribution is 5.69. The van der Waals surface area contributed by atoms with E-state index in [1.54, 1.807) is 0 Å². The average molecular weight is 1030 g/mol. The molecule has 0 spiro atoms. The standard InChI is InChI=1S/C60H122N4O8/c1-7-11-15-19-23-27-35-55(65)49-61(50-56(66)36-28-24-20-16-12-8-2)41-33-31-39-59(69)71-45-43-63-47-54(6)64(48-53(63)5)44-46-72-60(70)40-32-34-42-62(51-57(67)37-29-25-21-17-13-9-3)52-58(68)38-30-26-22-18-14-10-4/h53-59,65-69H,7-52H2,1-6H3. The van der Waals surface area contributed by atoms with Gasteiger partial charge in [0.25, 0.3) is 0 Å². The van der Waals surface area contributed by atoms with E-state index in [0.29, 0.717) is 70.9 Å². The number of aliphatic hydroxyl groups excluding tert-OH is 5. The van der Waals surface area contributed by atoms with Crippen LogP contribution in [0, 0.1) is 0 Å². The maximum Gasteiger partial charge on any atom is 0.305 e. The Balaban J connectivity index is 2.42. The van der Waals surface area contributed by atoms with Gasteiger partial charge in [0.1, 0.15) is 6.61 Å². The second-order valence-electron chi connectivity index (χ2n) is 22.5. The van der Waals surface area contributed by atoms with E-state index < -0.39 is 18.5 Å². The third-order valence-electron chi connectivity index (χ3n) is 15.3. The number of rotatable bonds is 53. The molecule has 7 atom stereocenters. The van der Waals surface area contributed by atoms with Crippen LogP contribution in [0.1, 0.15) is 260 Å². The number of hydrogen-bond donors (Lipinski definition) is 5. The molecule has 1 heterocycles. The van der Waals surface area contributed by atoms with Gasteiger partial charge in [-0.2, -0.15) is 0 Å². The Kier molecular flexibility index (Phi) is 46.5. The van der Waals surface area contributed by atoms with Gasteiger partial charge < -0.3 is 35.0 Å². The van der Waals surface area contributed by atoms with E-state index in [1.807, 2.05) is 0 Å². The fourth-order valence-electron chi connectivity index (χ4n) is 10.6. The highest BCUT2D eigenvalue weighted by Crippen LogP contribution is 2.18. The van der Waals surface area contributed by atoms with E-state index in [1.165, 1.54) is 116 Å². The van der Waals surface area contributed by atoms with E-state index in [0.717, 1.165) is 123 Å². The van der Waals surface area contributed by atoms with Crippen LogP contribution in [0.3, 0.4) is 0 Å². The molecule has 5 N–H and O–H groups in total. The summed E-state index contributed by atoms with van der Waals surface area (Å²) in [6, 6.07) is 0.619. The lowest BCUT2D eigenvalue weighted by Gasteiger charge is -2.44. The van der Waals surface area contributed by atoms with Crippen molar-refractivity contribution in [3.63, 3.8) is 0 Å². The van der Waals surface area contributed by atoms with E-state index in [9.17, 15) is 30.3 Å². The maximum absolute atomic E-state index is 12.8. The molecule has 72 heavy (non-hydrogen) atoms. The van der Waals surface area contributed by atoms with Gasteiger partial charge in [0, 0.05) is 70.9 Å². The summed E-state index contributed by atoms with van der Waals surface area (Å²) < 4.78 is 11.6. The molecule has 1 aliphatic heterocycles. The van der Waals surface area contributed by atoms with Crippen molar-refractivity contribution in [2.45, 2.75) is 303 Å². The first kappa shape index (κ1) is 69.1. The van der Waals surface area contributed by atoms with Crippen LogP contribution in [-0.4, -0.2) is 173 Å². The summed E-state index contributed by atoms with van der Waals surface area (Å²) >= 11 is 0. The Morgan fingerprint density at radius 2 is 0.764 bits per heavy atom. The maximum atomic E-state index is 12.8. The Morgan fingerprint density at radius 1 is 0.444 bits per heavy atom. The molecule has 7 unspecified atom stereocenters.